The summed E-state index contributed by atoms with van der Waals surface area (Å²) in [6.45, 7) is 9.52. The average molecular weight is 278 g/mol. The first-order valence-corrected chi connectivity index (χ1v) is 7.67. The van der Waals surface area contributed by atoms with E-state index in [0.29, 0.717) is 6.04 Å². The highest BCUT2D eigenvalue weighted by molar-refractivity contribution is 5.21. The first kappa shape index (κ1) is 15.1. The third-order valence-electron chi connectivity index (χ3n) is 4.47. The molecular weight excluding hydrogens is 252 g/mol. The van der Waals surface area contributed by atoms with E-state index in [1.165, 1.54) is 12.8 Å². The fourth-order valence-electron chi connectivity index (χ4n) is 2.76. The summed E-state index contributed by atoms with van der Waals surface area (Å²) in [5, 5.41) is 9.66. The van der Waals surface area contributed by atoms with Gasteiger partial charge in [0.15, 0.2) is 5.75 Å². The van der Waals surface area contributed by atoms with Crippen molar-refractivity contribution in [1.82, 2.24) is 9.47 Å². The summed E-state index contributed by atoms with van der Waals surface area (Å²) in [7, 11) is 0. The number of piperidine rings is 1. The van der Waals surface area contributed by atoms with Crippen LogP contribution < -0.4 is 5.43 Å². The Morgan fingerprint density at radius 1 is 1.40 bits per heavy atom. The first-order chi connectivity index (χ1) is 9.51. The molecule has 2 rings (SSSR count). The summed E-state index contributed by atoms with van der Waals surface area (Å²) in [5.74, 6) is 0.657. The molecule has 0 saturated carbocycles. The Hall–Kier alpha value is -1.29. The van der Waals surface area contributed by atoms with Crippen molar-refractivity contribution < 1.29 is 5.11 Å². The summed E-state index contributed by atoms with van der Waals surface area (Å²) in [4.78, 5) is 14.1. The number of aromatic nitrogens is 1. The van der Waals surface area contributed by atoms with Gasteiger partial charge in [-0.3, -0.25) is 9.69 Å². The van der Waals surface area contributed by atoms with Gasteiger partial charge in [0.25, 0.3) is 0 Å². The highest BCUT2D eigenvalue weighted by Crippen LogP contribution is 2.21. The zero-order valence-corrected chi connectivity index (χ0v) is 12.8. The van der Waals surface area contributed by atoms with E-state index in [1.807, 2.05) is 0 Å². The van der Waals surface area contributed by atoms with Crippen LogP contribution in [0.2, 0.25) is 0 Å². The SMILES string of the molecule is CCC(C)n1cc(O)c(=O)cc1CN1CCC(C)CC1. The number of nitrogens with zero attached hydrogens (tertiary/aromatic N) is 2. The number of aromatic hydroxyl groups is 1. The van der Waals surface area contributed by atoms with Crippen molar-refractivity contribution in [3.8, 4) is 5.75 Å². The molecule has 1 aromatic heterocycles. The predicted molar refractivity (Wildman–Crippen MR) is 81.0 cm³/mol. The molecule has 20 heavy (non-hydrogen) atoms. The molecule has 0 bridgehead atoms. The maximum atomic E-state index is 11.7. The van der Waals surface area contributed by atoms with Crippen LogP contribution in [0.5, 0.6) is 5.75 Å². The number of pyridine rings is 1. The van der Waals surface area contributed by atoms with Crippen molar-refractivity contribution in [2.45, 2.75) is 52.6 Å². The fraction of sp³-hybridized carbons (Fsp3) is 0.688. The molecule has 0 aromatic carbocycles. The number of rotatable bonds is 4. The standard InChI is InChI=1S/C16H26N2O2/c1-4-13(3)18-11-16(20)15(19)9-14(18)10-17-7-5-12(2)6-8-17/h9,11-13,20H,4-8,10H2,1-3H3. The van der Waals surface area contributed by atoms with E-state index in [4.69, 9.17) is 0 Å². The largest absolute Gasteiger partial charge is 0.503 e. The maximum Gasteiger partial charge on any atom is 0.223 e. The first-order valence-electron chi connectivity index (χ1n) is 7.67. The van der Waals surface area contributed by atoms with Gasteiger partial charge in [-0.05, 0) is 45.2 Å². The van der Waals surface area contributed by atoms with Crippen LogP contribution in [0.15, 0.2) is 17.1 Å². The lowest BCUT2D eigenvalue weighted by atomic mass is 9.99. The third kappa shape index (κ3) is 3.42. The molecule has 0 spiro atoms. The second-order valence-corrected chi connectivity index (χ2v) is 6.14. The van der Waals surface area contributed by atoms with Crippen LogP contribution >= 0.6 is 0 Å². The van der Waals surface area contributed by atoms with E-state index >= 15 is 0 Å². The van der Waals surface area contributed by atoms with E-state index in [-0.39, 0.29) is 11.2 Å². The lowest BCUT2D eigenvalue weighted by Gasteiger charge is -2.31. The van der Waals surface area contributed by atoms with Crippen molar-refractivity contribution >= 4 is 0 Å². The summed E-state index contributed by atoms with van der Waals surface area (Å²) in [5.41, 5.74) is 0.738. The summed E-state index contributed by atoms with van der Waals surface area (Å²) in [6.07, 6.45) is 5.03. The molecule has 0 radical (unpaired) electrons. The zero-order valence-electron chi connectivity index (χ0n) is 12.8. The summed E-state index contributed by atoms with van der Waals surface area (Å²) >= 11 is 0. The third-order valence-corrected chi connectivity index (χ3v) is 4.47. The molecule has 112 valence electrons. The molecule has 0 aliphatic carbocycles. The van der Waals surface area contributed by atoms with Gasteiger partial charge < -0.3 is 9.67 Å². The van der Waals surface area contributed by atoms with Gasteiger partial charge in [-0.1, -0.05) is 13.8 Å². The number of hydrogen-bond acceptors (Lipinski definition) is 3. The van der Waals surface area contributed by atoms with Gasteiger partial charge >= 0.3 is 0 Å². The minimum Gasteiger partial charge on any atom is -0.503 e. The minimum atomic E-state index is -0.273. The molecule has 1 aliphatic rings. The molecule has 1 fully saturated rings. The number of hydrogen-bond donors (Lipinski definition) is 1. The van der Waals surface area contributed by atoms with Gasteiger partial charge in [-0.25, -0.2) is 0 Å². The lowest BCUT2D eigenvalue weighted by molar-refractivity contribution is 0.180. The van der Waals surface area contributed by atoms with Crippen molar-refractivity contribution in [1.29, 1.82) is 0 Å². The van der Waals surface area contributed by atoms with Crippen molar-refractivity contribution in [3.05, 3.63) is 28.2 Å². The Bertz CT molecular complexity index is 502. The molecule has 1 saturated heterocycles. The Labute approximate surface area is 121 Å². The van der Waals surface area contributed by atoms with Crippen LogP contribution in [0.25, 0.3) is 0 Å². The molecule has 1 atom stereocenters. The number of likely N-dealkylation sites (tertiary alicyclic amines) is 1. The Morgan fingerprint density at radius 3 is 2.65 bits per heavy atom. The predicted octanol–water partition coefficient (Wildman–Crippen LogP) is 2.76. The molecule has 4 nitrogen and oxygen atoms in total. The van der Waals surface area contributed by atoms with Gasteiger partial charge in [-0.2, -0.15) is 0 Å². The average Bonchev–Trinajstić information content (AvgIpc) is 2.44. The molecule has 1 aromatic rings. The molecule has 1 aliphatic heterocycles. The highest BCUT2D eigenvalue weighted by Gasteiger charge is 2.18. The maximum absolute atomic E-state index is 11.7. The normalized spacial score (nSPS) is 19.1. The van der Waals surface area contributed by atoms with Crippen LogP contribution in [0, 0.1) is 5.92 Å². The van der Waals surface area contributed by atoms with Crippen molar-refractivity contribution in [3.63, 3.8) is 0 Å². The van der Waals surface area contributed by atoms with E-state index < -0.39 is 0 Å². The topological polar surface area (TPSA) is 45.5 Å². The molecule has 4 heteroatoms. The van der Waals surface area contributed by atoms with Gasteiger partial charge in [0, 0.05) is 24.3 Å². The Kier molecular flexibility index (Phi) is 4.86. The summed E-state index contributed by atoms with van der Waals surface area (Å²) in [6, 6.07) is 1.89. The van der Waals surface area contributed by atoms with E-state index in [9.17, 15) is 9.90 Å². The Balaban J connectivity index is 2.21. The molecule has 0 amide bonds. The minimum absolute atomic E-state index is 0.152. The molecule has 1 unspecified atom stereocenters. The van der Waals surface area contributed by atoms with Gasteiger partial charge in [0.2, 0.25) is 5.43 Å². The van der Waals surface area contributed by atoms with E-state index in [2.05, 4.69) is 30.2 Å². The van der Waals surface area contributed by atoms with Gasteiger partial charge in [-0.15, -0.1) is 0 Å². The van der Waals surface area contributed by atoms with E-state index in [0.717, 1.165) is 37.7 Å². The lowest BCUT2D eigenvalue weighted by Crippen LogP contribution is -2.34. The quantitative estimate of drug-likeness (QED) is 0.921. The van der Waals surface area contributed by atoms with Crippen molar-refractivity contribution in [2.75, 3.05) is 13.1 Å². The van der Waals surface area contributed by atoms with Crippen LogP contribution in [-0.4, -0.2) is 27.7 Å². The Morgan fingerprint density at radius 2 is 2.05 bits per heavy atom. The monoisotopic (exact) mass is 278 g/mol. The fourth-order valence-corrected chi connectivity index (χ4v) is 2.76. The van der Waals surface area contributed by atoms with Crippen LogP contribution in [0.1, 0.15) is 51.8 Å². The smallest absolute Gasteiger partial charge is 0.223 e. The second kappa shape index (κ2) is 6.44. The molecule has 1 N–H and O–H groups in total. The van der Waals surface area contributed by atoms with Crippen molar-refractivity contribution in [2.24, 2.45) is 5.92 Å². The van der Waals surface area contributed by atoms with Gasteiger partial charge in [0.05, 0.1) is 6.20 Å². The van der Waals surface area contributed by atoms with Gasteiger partial charge in [0.1, 0.15) is 0 Å². The van der Waals surface area contributed by atoms with Crippen LogP contribution in [0.4, 0.5) is 0 Å². The molecular formula is C16H26N2O2. The highest BCUT2D eigenvalue weighted by atomic mass is 16.3. The second-order valence-electron chi connectivity index (χ2n) is 6.14. The van der Waals surface area contributed by atoms with Crippen LogP contribution in [0.3, 0.4) is 0 Å². The van der Waals surface area contributed by atoms with E-state index in [1.54, 1.807) is 12.3 Å². The van der Waals surface area contributed by atoms with Crippen LogP contribution in [-0.2, 0) is 6.54 Å². The summed E-state index contributed by atoms with van der Waals surface area (Å²) < 4.78 is 2.05. The molecule has 2 heterocycles. The zero-order chi connectivity index (χ0) is 14.7.